The fourth-order valence-corrected chi connectivity index (χ4v) is 1.68. The lowest BCUT2D eigenvalue weighted by molar-refractivity contribution is -0.107. The van der Waals surface area contributed by atoms with Crippen molar-refractivity contribution in [1.29, 1.82) is 0 Å². The van der Waals surface area contributed by atoms with E-state index in [2.05, 4.69) is 22.5 Å². The van der Waals surface area contributed by atoms with Gasteiger partial charge in [0.25, 0.3) is 0 Å². The summed E-state index contributed by atoms with van der Waals surface area (Å²) in [5.41, 5.74) is 1.14. The van der Waals surface area contributed by atoms with Gasteiger partial charge in [-0.15, -0.1) is 0 Å². The number of halogens is 1. The first-order valence-corrected chi connectivity index (χ1v) is 5.54. The molecule has 0 saturated carbocycles. The van der Waals surface area contributed by atoms with Crippen molar-refractivity contribution >= 4 is 32.8 Å². The van der Waals surface area contributed by atoms with Gasteiger partial charge >= 0.3 is 0 Å². The summed E-state index contributed by atoms with van der Waals surface area (Å²) >= 11 is 4.61. The van der Waals surface area contributed by atoms with E-state index >= 15 is 0 Å². The largest absolute Gasteiger partial charge is 0.282 e. The van der Waals surface area contributed by atoms with Crippen LogP contribution in [-0.4, -0.2) is 5.12 Å². The van der Waals surface area contributed by atoms with Crippen LogP contribution in [0.1, 0.15) is 5.56 Å². The monoisotopic (exact) mass is 256 g/mol. The van der Waals surface area contributed by atoms with Gasteiger partial charge in [-0.2, -0.15) is 0 Å². The molecule has 0 fully saturated rings. The zero-order valence-corrected chi connectivity index (χ0v) is 9.40. The Hall–Kier alpha value is -0.540. The van der Waals surface area contributed by atoms with Gasteiger partial charge in [-0.05, 0) is 23.8 Å². The van der Waals surface area contributed by atoms with E-state index in [9.17, 15) is 4.79 Å². The third-order valence-corrected chi connectivity index (χ3v) is 2.92. The summed E-state index contributed by atoms with van der Waals surface area (Å²) in [5.74, 6) is 0.706. The van der Waals surface area contributed by atoms with Crippen LogP contribution < -0.4 is 0 Å². The van der Waals surface area contributed by atoms with E-state index in [1.54, 1.807) is 0 Å². The van der Waals surface area contributed by atoms with Crippen LogP contribution in [0.4, 0.5) is 0 Å². The van der Waals surface area contributed by atoms with Gasteiger partial charge in [0.2, 0.25) is 5.12 Å². The van der Waals surface area contributed by atoms with E-state index in [0.29, 0.717) is 5.75 Å². The molecular formula is C10H9BrOS. The number of carbonyl (C=O) groups is 1. The molecule has 0 saturated heterocycles. The standard InChI is InChI=1S/C10H9BrOS/c1-2-10(12)13-7-8-3-5-9(11)6-4-8/h2-6H,1,7H2. The number of carbonyl (C=O) groups excluding carboxylic acids is 1. The van der Waals surface area contributed by atoms with Gasteiger partial charge in [-0.25, -0.2) is 0 Å². The normalized spacial score (nSPS) is 9.62. The molecule has 0 atom stereocenters. The Labute approximate surface area is 90.4 Å². The Bertz CT molecular complexity index is 305. The highest BCUT2D eigenvalue weighted by Gasteiger charge is 1.97. The molecule has 0 bridgehead atoms. The maximum absolute atomic E-state index is 10.9. The first kappa shape index (κ1) is 10.5. The van der Waals surface area contributed by atoms with Gasteiger partial charge in [0.1, 0.15) is 0 Å². The van der Waals surface area contributed by atoms with E-state index < -0.39 is 0 Å². The van der Waals surface area contributed by atoms with Gasteiger partial charge in [0.15, 0.2) is 0 Å². The molecular weight excluding hydrogens is 248 g/mol. The van der Waals surface area contributed by atoms with Crippen molar-refractivity contribution in [3.63, 3.8) is 0 Å². The molecule has 0 aliphatic carbocycles. The van der Waals surface area contributed by atoms with Gasteiger partial charge in [-0.3, -0.25) is 4.79 Å². The van der Waals surface area contributed by atoms with Crippen LogP contribution in [0, 0.1) is 0 Å². The lowest BCUT2D eigenvalue weighted by Crippen LogP contribution is -1.86. The molecule has 1 aromatic rings. The van der Waals surface area contributed by atoms with Gasteiger partial charge in [0.05, 0.1) is 0 Å². The first-order valence-electron chi connectivity index (χ1n) is 3.76. The quantitative estimate of drug-likeness (QED) is 0.772. The molecule has 1 nitrogen and oxygen atoms in total. The molecule has 68 valence electrons. The van der Waals surface area contributed by atoms with Crippen molar-refractivity contribution in [2.24, 2.45) is 0 Å². The molecule has 0 spiro atoms. The number of benzene rings is 1. The van der Waals surface area contributed by atoms with Crippen molar-refractivity contribution in [3.8, 4) is 0 Å². The van der Waals surface area contributed by atoms with Crippen LogP contribution in [0.15, 0.2) is 41.4 Å². The van der Waals surface area contributed by atoms with Crippen molar-refractivity contribution < 1.29 is 4.79 Å². The van der Waals surface area contributed by atoms with Crippen LogP contribution in [0.2, 0.25) is 0 Å². The van der Waals surface area contributed by atoms with Gasteiger partial charge in [-0.1, -0.05) is 46.4 Å². The topological polar surface area (TPSA) is 17.1 Å². The van der Waals surface area contributed by atoms with Crippen molar-refractivity contribution in [1.82, 2.24) is 0 Å². The zero-order chi connectivity index (χ0) is 9.68. The van der Waals surface area contributed by atoms with Crippen LogP contribution in [0.3, 0.4) is 0 Å². The van der Waals surface area contributed by atoms with Gasteiger partial charge < -0.3 is 0 Å². The SMILES string of the molecule is C=CC(=O)SCc1ccc(Br)cc1. The number of hydrogen-bond acceptors (Lipinski definition) is 2. The lowest BCUT2D eigenvalue weighted by Gasteiger charge is -1.98. The maximum Gasteiger partial charge on any atom is 0.211 e. The van der Waals surface area contributed by atoms with E-state index in [0.717, 1.165) is 10.0 Å². The summed E-state index contributed by atoms with van der Waals surface area (Å²) in [6.07, 6.45) is 1.34. The minimum Gasteiger partial charge on any atom is -0.282 e. The third-order valence-electron chi connectivity index (χ3n) is 1.46. The fourth-order valence-electron chi connectivity index (χ4n) is 0.794. The summed E-state index contributed by atoms with van der Waals surface area (Å²) < 4.78 is 1.05. The predicted molar refractivity (Wildman–Crippen MR) is 60.6 cm³/mol. The van der Waals surface area contributed by atoms with Crippen molar-refractivity contribution in [2.75, 3.05) is 0 Å². The molecule has 13 heavy (non-hydrogen) atoms. The minimum absolute atomic E-state index is 0.0166. The molecule has 0 radical (unpaired) electrons. The molecule has 0 amide bonds. The average molecular weight is 257 g/mol. The van der Waals surface area contributed by atoms with Crippen molar-refractivity contribution in [2.45, 2.75) is 5.75 Å². The van der Waals surface area contributed by atoms with Crippen LogP contribution in [0.5, 0.6) is 0 Å². The highest BCUT2D eigenvalue weighted by molar-refractivity contribution is 9.10. The molecule has 0 heterocycles. The van der Waals surface area contributed by atoms with Crippen molar-refractivity contribution in [3.05, 3.63) is 47.0 Å². The molecule has 3 heteroatoms. The van der Waals surface area contributed by atoms with E-state index in [-0.39, 0.29) is 5.12 Å². The molecule has 0 N–H and O–H groups in total. The summed E-state index contributed by atoms with van der Waals surface area (Å²) in [5, 5.41) is 0.0166. The summed E-state index contributed by atoms with van der Waals surface area (Å²) in [4.78, 5) is 10.9. The minimum atomic E-state index is 0.0166. The zero-order valence-electron chi connectivity index (χ0n) is 7.00. The second kappa shape index (κ2) is 5.25. The van der Waals surface area contributed by atoms with Crippen LogP contribution in [-0.2, 0) is 10.5 Å². The third kappa shape index (κ3) is 3.79. The lowest BCUT2D eigenvalue weighted by atomic mass is 10.2. The molecule has 0 aromatic heterocycles. The van der Waals surface area contributed by atoms with Crippen LogP contribution in [0.25, 0.3) is 0 Å². The highest BCUT2D eigenvalue weighted by atomic mass is 79.9. The summed E-state index contributed by atoms with van der Waals surface area (Å²) in [6.45, 7) is 3.41. The Balaban J connectivity index is 2.50. The number of rotatable bonds is 3. The summed E-state index contributed by atoms with van der Waals surface area (Å²) in [7, 11) is 0. The fraction of sp³-hybridized carbons (Fsp3) is 0.100. The van der Waals surface area contributed by atoms with Crippen LogP contribution >= 0.6 is 27.7 Å². The molecule has 1 rings (SSSR count). The number of hydrogen-bond donors (Lipinski definition) is 0. The Morgan fingerprint density at radius 1 is 1.46 bits per heavy atom. The highest BCUT2D eigenvalue weighted by Crippen LogP contribution is 2.16. The van der Waals surface area contributed by atoms with E-state index in [4.69, 9.17) is 0 Å². The molecule has 0 aliphatic heterocycles. The van der Waals surface area contributed by atoms with E-state index in [1.165, 1.54) is 17.8 Å². The first-order chi connectivity index (χ1) is 6.22. The summed E-state index contributed by atoms with van der Waals surface area (Å²) in [6, 6.07) is 7.92. The predicted octanol–water partition coefficient (Wildman–Crippen LogP) is 3.39. The second-order valence-electron chi connectivity index (χ2n) is 2.44. The maximum atomic E-state index is 10.9. The Morgan fingerprint density at radius 3 is 2.62 bits per heavy atom. The Morgan fingerprint density at radius 2 is 2.08 bits per heavy atom. The second-order valence-corrected chi connectivity index (χ2v) is 4.33. The average Bonchev–Trinajstić information content (AvgIpc) is 2.16. The smallest absolute Gasteiger partial charge is 0.211 e. The molecule has 0 unspecified atom stereocenters. The van der Waals surface area contributed by atoms with E-state index in [1.807, 2.05) is 24.3 Å². The number of thioether (sulfide) groups is 1. The molecule has 0 aliphatic rings. The molecule has 1 aromatic carbocycles. The Kier molecular flexibility index (Phi) is 4.25. The van der Waals surface area contributed by atoms with Gasteiger partial charge in [0, 0.05) is 10.2 Å².